The van der Waals surface area contributed by atoms with E-state index >= 15 is 0 Å². The molecule has 1 unspecified atom stereocenters. The van der Waals surface area contributed by atoms with Gasteiger partial charge in [-0.3, -0.25) is 4.98 Å². The fourth-order valence-corrected chi connectivity index (χ4v) is 1.98. The lowest BCUT2D eigenvalue weighted by atomic mass is 9.80. The minimum Gasteiger partial charge on any atom is -0.308 e. The first kappa shape index (κ1) is 10.6. The first-order valence-corrected chi connectivity index (χ1v) is 5.90. The maximum atomic E-state index is 4.39. The minimum atomic E-state index is 0.641. The maximum absolute atomic E-state index is 4.39. The molecule has 1 aromatic rings. The van der Waals surface area contributed by atoms with Crippen molar-refractivity contribution in [3.05, 3.63) is 29.6 Å². The maximum Gasteiger partial charge on any atom is 0.0541 e. The Kier molecular flexibility index (Phi) is 3.37. The molecule has 1 heterocycles. The van der Waals surface area contributed by atoms with Crippen molar-refractivity contribution >= 4 is 0 Å². The van der Waals surface area contributed by atoms with Gasteiger partial charge in [0.05, 0.1) is 5.69 Å². The highest BCUT2D eigenvalue weighted by molar-refractivity contribution is 5.12. The Balaban J connectivity index is 1.79. The Morgan fingerprint density at radius 3 is 2.80 bits per heavy atom. The van der Waals surface area contributed by atoms with E-state index in [1.54, 1.807) is 0 Å². The molecular formula is C13H20N2. The van der Waals surface area contributed by atoms with E-state index in [1.165, 1.54) is 24.8 Å². The summed E-state index contributed by atoms with van der Waals surface area (Å²) >= 11 is 0. The zero-order chi connectivity index (χ0) is 10.7. The molecule has 1 saturated carbocycles. The Labute approximate surface area is 92.1 Å². The van der Waals surface area contributed by atoms with Crippen molar-refractivity contribution in [1.29, 1.82) is 0 Å². The molecule has 0 spiro atoms. The minimum absolute atomic E-state index is 0.641. The normalized spacial score (nSPS) is 18.5. The summed E-state index contributed by atoms with van der Waals surface area (Å²) in [4.78, 5) is 4.39. The standard InChI is InChI=1S/C13H20N2/c1-10-6-7-13(15-8-10)9-14-11(2)12-4-3-5-12/h6-8,11-12,14H,3-5,9H2,1-2H3. The molecule has 1 aliphatic rings. The van der Waals surface area contributed by atoms with Crippen molar-refractivity contribution in [3.8, 4) is 0 Å². The predicted octanol–water partition coefficient (Wildman–Crippen LogP) is 2.67. The second-order valence-corrected chi connectivity index (χ2v) is 4.69. The molecule has 0 bridgehead atoms. The van der Waals surface area contributed by atoms with Crippen molar-refractivity contribution in [2.75, 3.05) is 0 Å². The molecule has 0 radical (unpaired) electrons. The summed E-state index contributed by atoms with van der Waals surface area (Å²) in [6.45, 7) is 5.26. The van der Waals surface area contributed by atoms with Crippen LogP contribution in [0.25, 0.3) is 0 Å². The number of aromatic nitrogens is 1. The van der Waals surface area contributed by atoms with Gasteiger partial charge in [-0.2, -0.15) is 0 Å². The molecule has 0 aliphatic heterocycles. The Bertz CT molecular complexity index is 301. The molecule has 1 aromatic heterocycles. The molecule has 1 atom stereocenters. The fraction of sp³-hybridized carbons (Fsp3) is 0.615. The van der Waals surface area contributed by atoms with Gasteiger partial charge in [0, 0.05) is 18.8 Å². The zero-order valence-electron chi connectivity index (χ0n) is 9.66. The fourth-order valence-electron chi connectivity index (χ4n) is 1.98. The van der Waals surface area contributed by atoms with Crippen LogP contribution in [0, 0.1) is 12.8 Å². The lowest BCUT2D eigenvalue weighted by Gasteiger charge is -2.32. The largest absolute Gasteiger partial charge is 0.308 e. The summed E-state index contributed by atoms with van der Waals surface area (Å²) in [7, 11) is 0. The Hall–Kier alpha value is -0.890. The number of hydrogen-bond acceptors (Lipinski definition) is 2. The number of pyridine rings is 1. The van der Waals surface area contributed by atoms with Gasteiger partial charge in [0.25, 0.3) is 0 Å². The second-order valence-electron chi connectivity index (χ2n) is 4.69. The van der Waals surface area contributed by atoms with E-state index in [2.05, 4.69) is 36.3 Å². The highest BCUT2D eigenvalue weighted by Gasteiger charge is 2.23. The van der Waals surface area contributed by atoms with Gasteiger partial charge >= 0.3 is 0 Å². The van der Waals surface area contributed by atoms with E-state index < -0.39 is 0 Å². The molecule has 0 aromatic carbocycles. The average Bonchev–Trinajstić information content (AvgIpc) is 2.14. The van der Waals surface area contributed by atoms with E-state index in [1.807, 2.05) is 6.20 Å². The zero-order valence-corrected chi connectivity index (χ0v) is 9.66. The van der Waals surface area contributed by atoms with Crippen LogP contribution < -0.4 is 5.32 Å². The summed E-state index contributed by atoms with van der Waals surface area (Å²) in [6, 6.07) is 4.87. The van der Waals surface area contributed by atoms with Crippen LogP contribution in [-0.2, 0) is 6.54 Å². The number of nitrogens with one attached hydrogen (secondary N) is 1. The van der Waals surface area contributed by atoms with Crippen LogP contribution in [0.15, 0.2) is 18.3 Å². The molecule has 1 fully saturated rings. The van der Waals surface area contributed by atoms with Gasteiger partial charge in [-0.1, -0.05) is 12.5 Å². The van der Waals surface area contributed by atoms with Gasteiger partial charge in [-0.15, -0.1) is 0 Å². The van der Waals surface area contributed by atoms with E-state index in [4.69, 9.17) is 0 Å². The Morgan fingerprint density at radius 2 is 2.27 bits per heavy atom. The average molecular weight is 204 g/mol. The highest BCUT2D eigenvalue weighted by atomic mass is 14.9. The highest BCUT2D eigenvalue weighted by Crippen LogP contribution is 2.29. The third kappa shape index (κ3) is 2.78. The van der Waals surface area contributed by atoms with E-state index in [0.717, 1.165) is 18.2 Å². The molecule has 1 N–H and O–H groups in total. The van der Waals surface area contributed by atoms with Crippen LogP contribution in [-0.4, -0.2) is 11.0 Å². The van der Waals surface area contributed by atoms with Crippen LogP contribution >= 0.6 is 0 Å². The Morgan fingerprint density at radius 1 is 1.47 bits per heavy atom. The van der Waals surface area contributed by atoms with Gasteiger partial charge in [0.15, 0.2) is 0 Å². The van der Waals surface area contributed by atoms with Crippen LogP contribution in [0.2, 0.25) is 0 Å². The van der Waals surface area contributed by atoms with Crippen molar-refractivity contribution in [1.82, 2.24) is 10.3 Å². The molecular weight excluding hydrogens is 184 g/mol. The monoisotopic (exact) mass is 204 g/mol. The molecule has 2 rings (SSSR count). The van der Waals surface area contributed by atoms with Gasteiger partial charge in [0.1, 0.15) is 0 Å². The molecule has 1 aliphatic carbocycles. The smallest absolute Gasteiger partial charge is 0.0541 e. The van der Waals surface area contributed by atoms with E-state index in [0.29, 0.717) is 6.04 Å². The predicted molar refractivity (Wildman–Crippen MR) is 62.6 cm³/mol. The van der Waals surface area contributed by atoms with Crippen LogP contribution in [0.4, 0.5) is 0 Å². The molecule has 82 valence electrons. The van der Waals surface area contributed by atoms with E-state index in [9.17, 15) is 0 Å². The van der Waals surface area contributed by atoms with Crippen LogP contribution in [0.5, 0.6) is 0 Å². The van der Waals surface area contributed by atoms with Crippen molar-refractivity contribution in [3.63, 3.8) is 0 Å². The van der Waals surface area contributed by atoms with Crippen molar-refractivity contribution in [2.45, 2.75) is 45.7 Å². The van der Waals surface area contributed by atoms with Crippen LogP contribution in [0.3, 0.4) is 0 Å². The molecule has 15 heavy (non-hydrogen) atoms. The summed E-state index contributed by atoms with van der Waals surface area (Å²) in [5.41, 5.74) is 2.37. The molecule has 0 saturated heterocycles. The second kappa shape index (κ2) is 4.75. The van der Waals surface area contributed by atoms with Gasteiger partial charge in [-0.05, 0) is 44.2 Å². The first-order valence-electron chi connectivity index (χ1n) is 5.90. The summed E-state index contributed by atoms with van der Waals surface area (Å²) in [5.74, 6) is 0.899. The quantitative estimate of drug-likeness (QED) is 0.815. The molecule has 0 amide bonds. The third-order valence-corrected chi connectivity index (χ3v) is 3.43. The topological polar surface area (TPSA) is 24.9 Å². The summed E-state index contributed by atoms with van der Waals surface area (Å²) < 4.78 is 0. The lowest BCUT2D eigenvalue weighted by molar-refractivity contribution is 0.239. The van der Waals surface area contributed by atoms with E-state index in [-0.39, 0.29) is 0 Å². The number of nitrogens with zero attached hydrogens (tertiary/aromatic N) is 1. The summed E-state index contributed by atoms with van der Waals surface area (Å²) in [6.07, 6.45) is 6.15. The van der Waals surface area contributed by atoms with Gasteiger partial charge < -0.3 is 5.32 Å². The van der Waals surface area contributed by atoms with Gasteiger partial charge in [0.2, 0.25) is 0 Å². The van der Waals surface area contributed by atoms with Crippen LogP contribution in [0.1, 0.15) is 37.4 Å². The summed E-state index contributed by atoms with van der Waals surface area (Å²) in [5, 5.41) is 3.56. The van der Waals surface area contributed by atoms with Crippen molar-refractivity contribution < 1.29 is 0 Å². The first-order chi connectivity index (χ1) is 7.25. The van der Waals surface area contributed by atoms with Crippen molar-refractivity contribution in [2.24, 2.45) is 5.92 Å². The number of rotatable bonds is 4. The SMILES string of the molecule is Cc1ccc(CNC(C)C2CCC2)nc1. The number of hydrogen-bond donors (Lipinski definition) is 1. The number of aryl methyl sites for hydroxylation is 1. The molecule has 2 nitrogen and oxygen atoms in total. The van der Waals surface area contributed by atoms with Gasteiger partial charge in [-0.25, -0.2) is 0 Å². The molecule has 2 heteroatoms. The lowest BCUT2D eigenvalue weighted by Crippen LogP contribution is -2.36. The third-order valence-electron chi connectivity index (χ3n) is 3.43.